The SMILES string of the molecule is COC(C)(C)c1ccccc1C=O. The van der Waals surface area contributed by atoms with E-state index in [1.165, 1.54) is 0 Å². The number of carbonyl (C=O) groups excluding carboxylic acids is 1. The van der Waals surface area contributed by atoms with Crippen molar-refractivity contribution in [2.45, 2.75) is 19.4 Å². The van der Waals surface area contributed by atoms with Crippen molar-refractivity contribution in [3.05, 3.63) is 35.4 Å². The number of rotatable bonds is 3. The van der Waals surface area contributed by atoms with Crippen molar-refractivity contribution in [3.63, 3.8) is 0 Å². The summed E-state index contributed by atoms with van der Waals surface area (Å²) in [5, 5.41) is 0. The number of ether oxygens (including phenoxy) is 1. The van der Waals surface area contributed by atoms with Crippen LogP contribution in [0.2, 0.25) is 0 Å². The monoisotopic (exact) mass is 178 g/mol. The lowest BCUT2D eigenvalue weighted by Crippen LogP contribution is -2.21. The fourth-order valence-corrected chi connectivity index (χ4v) is 1.26. The molecule has 0 aliphatic rings. The Bertz CT molecular complexity index is 303. The molecule has 0 aliphatic heterocycles. The second kappa shape index (κ2) is 3.71. The fourth-order valence-electron chi connectivity index (χ4n) is 1.26. The van der Waals surface area contributed by atoms with Gasteiger partial charge in [0.05, 0.1) is 5.60 Å². The van der Waals surface area contributed by atoms with Gasteiger partial charge in [-0.2, -0.15) is 0 Å². The highest BCUT2D eigenvalue weighted by Crippen LogP contribution is 2.25. The molecule has 0 fully saturated rings. The predicted octanol–water partition coefficient (Wildman–Crippen LogP) is 2.38. The van der Waals surface area contributed by atoms with E-state index < -0.39 is 5.60 Å². The maximum absolute atomic E-state index is 10.7. The normalized spacial score (nSPS) is 11.3. The minimum absolute atomic E-state index is 0.405. The molecule has 70 valence electrons. The third-order valence-corrected chi connectivity index (χ3v) is 2.25. The van der Waals surface area contributed by atoms with E-state index in [0.29, 0.717) is 5.56 Å². The van der Waals surface area contributed by atoms with Gasteiger partial charge in [0.25, 0.3) is 0 Å². The number of hydrogen-bond donors (Lipinski definition) is 0. The van der Waals surface area contributed by atoms with Crippen LogP contribution in [0.4, 0.5) is 0 Å². The summed E-state index contributed by atoms with van der Waals surface area (Å²) in [4.78, 5) is 10.7. The molecule has 0 aliphatic carbocycles. The number of hydrogen-bond acceptors (Lipinski definition) is 2. The molecule has 0 spiro atoms. The van der Waals surface area contributed by atoms with Gasteiger partial charge in [-0.3, -0.25) is 4.79 Å². The van der Waals surface area contributed by atoms with E-state index in [2.05, 4.69) is 0 Å². The highest BCUT2D eigenvalue weighted by molar-refractivity contribution is 5.77. The van der Waals surface area contributed by atoms with Gasteiger partial charge in [-0.25, -0.2) is 0 Å². The van der Waals surface area contributed by atoms with Crippen LogP contribution in [0.3, 0.4) is 0 Å². The molecule has 0 bridgehead atoms. The molecule has 0 radical (unpaired) electrons. The van der Waals surface area contributed by atoms with Crippen molar-refractivity contribution >= 4 is 6.29 Å². The van der Waals surface area contributed by atoms with Crippen LogP contribution in [0.25, 0.3) is 0 Å². The van der Waals surface area contributed by atoms with Gasteiger partial charge in [0.2, 0.25) is 0 Å². The van der Waals surface area contributed by atoms with Gasteiger partial charge < -0.3 is 4.74 Å². The Morgan fingerprint density at radius 3 is 2.46 bits per heavy atom. The lowest BCUT2D eigenvalue weighted by molar-refractivity contribution is 0.0187. The Morgan fingerprint density at radius 1 is 1.31 bits per heavy atom. The molecule has 1 aromatic rings. The van der Waals surface area contributed by atoms with E-state index in [9.17, 15) is 4.79 Å². The lowest BCUT2D eigenvalue weighted by Gasteiger charge is -2.24. The van der Waals surface area contributed by atoms with Gasteiger partial charge in [0, 0.05) is 12.7 Å². The Kier molecular flexibility index (Phi) is 2.83. The summed E-state index contributed by atoms with van der Waals surface area (Å²) in [6.07, 6.45) is 0.857. The minimum atomic E-state index is -0.405. The maximum atomic E-state index is 10.7. The van der Waals surface area contributed by atoms with Gasteiger partial charge in [0.15, 0.2) is 0 Å². The van der Waals surface area contributed by atoms with E-state index in [1.807, 2.05) is 32.0 Å². The molecule has 0 unspecified atom stereocenters. The Labute approximate surface area is 78.5 Å². The Hall–Kier alpha value is -1.15. The Morgan fingerprint density at radius 2 is 1.92 bits per heavy atom. The first-order chi connectivity index (χ1) is 6.11. The second-order valence-electron chi connectivity index (χ2n) is 3.42. The van der Waals surface area contributed by atoms with E-state index in [-0.39, 0.29) is 0 Å². The summed E-state index contributed by atoms with van der Waals surface area (Å²) in [6.45, 7) is 3.88. The first kappa shape index (κ1) is 9.93. The zero-order valence-electron chi connectivity index (χ0n) is 8.20. The number of benzene rings is 1. The largest absolute Gasteiger partial charge is 0.374 e. The number of methoxy groups -OCH3 is 1. The highest BCUT2D eigenvalue weighted by Gasteiger charge is 2.21. The molecule has 0 aromatic heterocycles. The average Bonchev–Trinajstić information content (AvgIpc) is 2.18. The van der Waals surface area contributed by atoms with Gasteiger partial charge in [-0.1, -0.05) is 24.3 Å². The molecule has 2 nitrogen and oxygen atoms in total. The van der Waals surface area contributed by atoms with Crippen molar-refractivity contribution in [2.24, 2.45) is 0 Å². The fraction of sp³-hybridized carbons (Fsp3) is 0.364. The van der Waals surface area contributed by atoms with Crippen LogP contribution < -0.4 is 0 Å². The van der Waals surface area contributed by atoms with Gasteiger partial charge in [-0.15, -0.1) is 0 Å². The topological polar surface area (TPSA) is 26.3 Å². The third kappa shape index (κ3) is 1.95. The quantitative estimate of drug-likeness (QED) is 0.664. The van der Waals surface area contributed by atoms with E-state index in [0.717, 1.165) is 11.8 Å². The van der Waals surface area contributed by atoms with Crippen LogP contribution >= 0.6 is 0 Å². The summed E-state index contributed by atoms with van der Waals surface area (Å²) in [6, 6.07) is 7.46. The molecular weight excluding hydrogens is 164 g/mol. The van der Waals surface area contributed by atoms with Crippen LogP contribution in [0.15, 0.2) is 24.3 Å². The van der Waals surface area contributed by atoms with Crippen LogP contribution in [-0.4, -0.2) is 13.4 Å². The van der Waals surface area contributed by atoms with Crippen LogP contribution in [0, 0.1) is 0 Å². The Balaban J connectivity index is 3.20. The van der Waals surface area contributed by atoms with Crippen LogP contribution in [0.1, 0.15) is 29.8 Å². The molecule has 0 amide bonds. The van der Waals surface area contributed by atoms with Crippen molar-refractivity contribution in [2.75, 3.05) is 7.11 Å². The second-order valence-corrected chi connectivity index (χ2v) is 3.42. The van der Waals surface area contributed by atoms with Crippen molar-refractivity contribution in [1.82, 2.24) is 0 Å². The van der Waals surface area contributed by atoms with Gasteiger partial charge in [-0.05, 0) is 19.4 Å². The summed E-state index contributed by atoms with van der Waals surface area (Å²) in [7, 11) is 1.64. The summed E-state index contributed by atoms with van der Waals surface area (Å²) < 4.78 is 5.31. The van der Waals surface area contributed by atoms with Crippen molar-refractivity contribution in [1.29, 1.82) is 0 Å². The molecule has 1 aromatic carbocycles. The molecule has 0 N–H and O–H groups in total. The minimum Gasteiger partial charge on any atom is -0.374 e. The van der Waals surface area contributed by atoms with E-state index in [1.54, 1.807) is 13.2 Å². The summed E-state index contributed by atoms with van der Waals surface area (Å²) in [5.74, 6) is 0. The lowest BCUT2D eigenvalue weighted by atomic mass is 9.93. The smallest absolute Gasteiger partial charge is 0.150 e. The van der Waals surface area contributed by atoms with Gasteiger partial charge >= 0.3 is 0 Å². The van der Waals surface area contributed by atoms with E-state index in [4.69, 9.17) is 4.74 Å². The number of carbonyl (C=O) groups is 1. The zero-order chi connectivity index (χ0) is 9.90. The van der Waals surface area contributed by atoms with Crippen molar-refractivity contribution < 1.29 is 9.53 Å². The first-order valence-corrected chi connectivity index (χ1v) is 4.21. The standard InChI is InChI=1S/C11H14O2/c1-11(2,13-3)10-7-5-4-6-9(10)8-12/h4-8H,1-3H3. The third-order valence-electron chi connectivity index (χ3n) is 2.25. The van der Waals surface area contributed by atoms with Crippen LogP contribution in [0.5, 0.6) is 0 Å². The molecule has 0 atom stereocenters. The molecule has 13 heavy (non-hydrogen) atoms. The van der Waals surface area contributed by atoms with Crippen LogP contribution in [-0.2, 0) is 10.3 Å². The molecule has 0 saturated carbocycles. The molecule has 1 rings (SSSR count). The molecule has 0 saturated heterocycles. The van der Waals surface area contributed by atoms with E-state index >= 15 is 0 Å². The molecule has 0 heterocycles. The molecular formula is C11H14O2. The average molecular weight is 178 g/mol. The zero-order valence-corrected chi connectivity index (χ0v) is 8.20. The highest BCUT2D eigenvalue weighted by atomic mass is 16.5. The summed E-state index contributed by atoms with van der Waals surface area (Å²) in [5.41, 5.74) is 1.21. The van der Waals surface area contributed by atoms with Crippen molar-refractivity contribution in [3.8, 4) is 0 Å². The molecule has 2 heteroatoms. The summed E-state index contributed by atoms with van der Waals surface area (Å²) >= 11 is 0. The first-order valence-electron chi connectivity index (χ1n) is 4.21. The maximum Gasteiger partial charge on any atom is 0.150 e. The number of aldehydes is 1. The van der Waals surface area contributed by atoms with Gasteiger partial charge in [0.1, 0.15) is 6.29 Å². The predicted molar refractivity (Wildman–Crippen MR) is 51.9 cm³/mol.